The lowest BCUT2D eigenvalue weighted by molar-refractivity contribution is 0.0708. The maximum Gasteiger partial charge on any atom is 0.254 e. The molecule has 2 bridgehead atoms. The molecule has 1 aromatic carbocycles. The maximum atomic E-state index is 13.0. The van der Waals surface area contributed by atoms with E-state index in [0.29, 0.717) is 28.5 Å². The van der Waals surface area contributed by atoms with Crippen LogP contribution in [0.5, 0.6) is 11.5 Å². The van der Waals surface area contributed by atoms with E-state index < -0.39 is 0 Å². The number of hydrogen-bond donors (Lipinski definition) is 0. The molecule has 1 aromatic rings. The third-order valence-electron chi connectivity index (χ3n) is 5.31. The van der Waals surface area contributed by atoms with Crippen molar-refractivity contribution in [3.63, 3.8) is 0 Å². The van der Waals surface area contributed by atoms with Gasteiger partial charge in [0.2, 0.25) is 0 Å². The largest absolute Gasteiger partial charge is 0.493 e. The molecule has 2 fully saturated rings. The SMILES string of the molecule is COc1ccc(C(=O)N2C[C@@]3(C)C[C@@H]2CC(C)(C)C3)cc1OC. The van der Waals surface area contributed by atoms with Crippen LogP contribution in [-0.4, -0.2) is 37.6 Å². The first kappa shape index (κ1) is 16.2. The van der Waals surface area contributed by atoms with Crippen LogP contribution in [0.2, 0.25) is 0 Å². The van der Waals surface area contributed by atoms with Gasteiger partial charge in [-0.05, 0) is 48.3 Å². The number of amides is 1. The van der Waals surface area contributed by atoms with Gasteiger partial charge in [0.05, 0.1) is 14.2 Å². The Balaban J connectivity index is 1.87. The Kier molecular flexibility index (Phi) is 3.81. The van der Waals surface area contributed by atoms with Gasteiger partial charge in [-0.3, -0.25) is 4.79 Å². The molecule has 1 aliphatic carbocycles. The van der Waals surface area contributed by atoms with Gasteiger partial charge in [-0.1, -0.05) is 20.8 Å². The van der Waals surface area contributed by atoms with Crippen molar-refractivity contribution in [2.75, 3.05) is 20.8 Å². The number of benzene rings is 1. The molecule has 3 rings (SSSR count). The first-order chi connectivity index (χ1) is 10.8. The monoisotopic (exact) mass is 317 g/mol. The van der Waals surface area contributed by atoms with Crippen molar-refractivity contribution < 1.29 is 14.3 Å². The number of ether oxygens (including phenoxy) is 2. The van der Waals surface area contributed by atoms with Crippen molar-refractivity contribution in [1.29, 1.82) is 0 Å². The van der Waals surface area contributed by atoms with Gasteiger partial charge in [0.1, 0.15) is 0 Å². The van der Waals surface area contributed by atoms with Crippen LogP contribution in [0.15, 0.2) is 18.2 Å². The van der Waals surface area contributed by atoms with E-state index in [-0.39, 0.29) is 11.3 Å². The van der Waals surface area contributed by atoms with E-state index >= 15 is 0 Å². The smallest absolute Gasteiger partial charge is 0.254 e. The van der Waals surface area contributed by atoms with E-state index in [1.807, 2.05) is 6.07 Å². The lowest BCUT2D eigenvalue weighted by Crippen LogP contribution is -2.37. The van der Waals surface area contributed by atoms with Crippen molar-refractivity contribution in [3.05, 3.63) is 23.8 Å². The average molecular weight is 317 g/mol. The molecule has 1 saturated carbocycles. The summed E-state index contributed by atoms with van der Waals surface area (Å²) in [5, 5.41) is 0. The van der Waals surface area contributed by atoms with Crippen molar-refractivity contribution in [2.45, 2.75) is 46.1 Å². The fraction of sp³-hybridized carbons (Fsp3) is 0.632. The van der Waals surface area contributed by atoms with Gasteiger partial charge < -0.3 is 14.4 Å². The third kappa shape index (κ3) is 2.91. The molecule has 0 unspecified atom stereocenters. The number of carbonyl (C=O) groups excluding carboxylic acids is 1. The highest BCUT2D eigenvalue weighted by atomic mass is 16.5. The predicted octanol–water partition coefficient (Wildman–Crippen LogP) is 3.74. The molecule has 126 valence electrons. The number of carbonyl (C=O) groups is 1. The van der Waals surface area contributed by atoms with Crippen LogP contribution in [-0.2, 0) is 0 Å². The summed E-state index contributed by atoms with van der Waals surface area (Å²) in [4.78, 5) is 15.1. The number of methoxy groups -OCH3 is 2. The van der Waals surface area contributed by atoms with Crippen LogP contribution >= 0.6 is 0 Å². The van der Waals surface area contributed by atoms with E-state index in [0.717, 1.165) is 19.4 Å². The summed E-state index contributed by atoms with van der Waals surface area (Å²) in [5.74, 6) is 1.36. The second kappa shape index (κ2) is 5.43. The van der Waals surface area contributed by atoms with Crippen molar-refractivity contribution >= 4 is 5.91 Å². The predicted molar refractivity (Wildman–Crippen MR) is 90.1 cm³/mol. The zero-order chi connectivity index (χ0) is 16.8. The van der Waals surface area contributed by atoms with Gasteiger partial charge in [-0.25, -0.2) is 0 Å². The molecule has 4 nitrogen and oxygen atoms in total. The topological polar surface area (TPSA) is 38.8 Å². The highest BCUT2D eigenvalue weighted by molar-refractivity contribution is 5.95. The fourth-order valence-corrected chi connectivity index (χ4v) is 4.83. The number of likely N-dealkylation sites (tertiary alicyclic amines) is 1. The molecule has 0 spiro atoms. The molecule has 1 aliphatic heterocycles. The van der Waals surface area contributed by atoms with Crippen molar-refractivity contribution in [3.8, 4) is 11.5 Å². The molecule has 0 aromatic heterocycles. The van der Waals surface area contributed by atoms with Crippen LogP contribution in [0, 0.1) is 10.8 Å². The Bertz CT molecular complexity index is 625. The van der Waals surface area contributed by atoms with Crippen LogP contribution < -0.4 is 9.47 Å². The van der Waals surface area contributed by atoms with E-state index in [2.05, 4.69) is 25.7 Å². The minimum atomic E-state index is 0.109. The molecule has 0 N–H and O–H groups in total. The average Bonchev–Trinajstić information content (AvgIpc) is 2.74. The van der Waals surface area contributed by atoms with Gasteiger partial charge >= 0.3 is 0 Å². The quantitative estimate of drug-likeness (QED) is 0.852. The second-order valence-corrected chi connectivity index (χ2v) is 8.22. The summed E-state index contributed by atoms with van der Waals surface area (Å²) >= 11 is 0. The van der Waals surface area contributed by atoms with Crippen molar-refractivity contribution in [1.82, 2.24) is 4.90 Å². The van der Waals surface area contributed by atoms with Crippen LogP contribution in [0.25, 0.3) is 0 Å². The van der Waals surface area contributed by atoms with Crippen LogP contribution in [0.4, 0.5) is 0 Å². The molecule has 2 aliphatic rings. The van der Waals surface area contributed by atoms with Gasteiger partial charge in [-0.15, -0.1) is 0 Å². The maximum absolute atomic E-state index is 13.0. The molecule has 1 amide bonds. The van der Waals surface area contributed by atoms with Crippen molar-refractivity contribution in [2.24, 2.45) is 10.8 Å². The number of fused-ring (bicyclic) bond motifs is 2. The highest BCUT2D eigenvalue weighted by Crippen LogP contribution is 2.52. The zero-order valence-electron chi connectivity index (χ0n) is 14.8. The molecule has 0 radical (unpaired) electrons. The lowest BCUT2D eigenvalue weighted by atomic mass is 9.65. The first-order valence-corrected chi connectivity index (χ1v) is 8.30. The van der Waals surface area contributed by atoms with Crippen LogP contribution in [0.3, 0.4) is 0 Å². The molecular formula is C19H27NO3. The van der Waals surface area contributed by atoms with Gasteiger partial charge in [-0.2, -0.15) is 0 Å². The molecule has 2 atom stereocenters. The molecule has 1 heterocycles. The third-order valence-corrected chi connectivity index (χ3v) is 5.31. The Morgan fingerprint density at radius 1 is 1.13 bits per heavy atom. The molecule has 4 heteroatoms. The summed E-state index contributed by atoms with van der Waals surface area (Å²) in [6.07, 6.45) is 3.39. The lowest BCUT2D eigenvalue weighted by Gasteiger charge is -2.39. The Morgan fingerprint density at radius 3 is 2.48 bits per heavy atom. The molecule has 1 saturated heterocycles. The number of nitrogens with zero attached hydrogens (tertiary/aromatic N) is 1. The fourth-order valence-electron chi connectivity index (χ4n) is 4.83. The van der Waals surface area contributed by atoms with E-state index in [1.54, 1.807) is 26.4 Å². The summed E-state index contributed by atoms with van der Waals surface area (Å²) in [5.41, 5.74) is 1.24. The first-order valence-electron chi connectivity index (χ1n) is 8.30. The summed E-state index contributed by atoms with van der Waals surface area (Å²) in [7, 11) is 3.20. The number of hydrogen-bond acceptors (Lipinski definition) is 3. The Morgan fingerprint density at radius 2 is 1.83 bits per heavy atom. The Hall–Kier alpha value is -1.71. The normalized spacial score (nSPS) is 28.6. The minimum absolute atomic E-state index is 0.109. The van der Waals surface area contributed by atoms with Crippen LogP contribution in [0.1, 0.15) is 50.4 Å². The second-order valence-electron chi connectivity index (χ2n) is 8.22. The van der Waals surface area contributed by atoms with E-state index in [1.165, 1.54) is 6.42 Å². The van der Waals surface area contributed by atoms with E-state index in [4.69, 9.17) is 9.47 Å². The highest BCUT2D eigenvalue weighted by Gasteiger charge is 2.51. The summed E-state index contributed by atoms with van der Waals surface area (Å²) in [6, 6.07) is 5.78. The number of rotatable bonds is 3. The molecular weight excluding hydrogens is 290 g/mol. The summed E-state index contributed by atoms with van der Waals surface area (Å²) < 4.78 is 10.6. The minimum Gasteiger partial charge on any atom is -0.493 e. The van der Waals surface area contributed by atoms with E-state index in [9.17, 15) is 4.79 Å². The summed E-state index contributed by atoms with van der Waals surface area (Å²) in [6.45, 7) is 7.82. The molecule has 23 heavy (non-hydrogen) atoms. The van der Waals surface area contributed by atoms with Gasteiger partial charge in [0.15, 0.2) is 11.5 Å². The van der Waals surface area contributed by atoms with Gasteiger partial charge in [0, 0.05) is 18.2 Å². The zero-order valence-corrected chi connectivity index (χ0v) is 14.8. The van der Waals surface area contributed by atoms with Gasteiger partial charge in [0.25, 0.3) is 5.91 Å². The Labute approximate surface area is 138 Å². The standard InChI is InChI=1S/C19H27NO3/c1-18(2)9-14-10-19(3,11-18)12-20(14)17(21)13-6-7-15(22-4)16(8-13)23-5/h6-8,14H,9-12H2,1-5H3/t14-,19-/m0/s1.